The Labute approximate surface area is 109 Å². The second-order valence-electron chi connectivity index (χ2n) is 3.16. The monoisotopic (exact) mass is 293 g/mol. The SMILES string of the molecule is CCOC(=O)NS(=O)(=O)Nc1ccc(Cl)cc1N. The standard InChI is InChI=1S/C9H12ClN3O4S/c1-2-17-9(14)13-18(15,16)12-8-4-3-6(10)5-7(8)11/h3-5,12H,2,11H2,1H3,(H,13,14). The van der Waals surface area contributed by atoms with Gasteiger partial charge < -0.3 is 10.5 Å². The molecular formula is C9H12ClN3O4S. The Morgan fingerprint density at radius 3 is 2.72 bits per heavy atom. The molecule has 100 valence electrons. The normalized spacial score (nSPS) is 10.8. The van der Waals surface area contributed by atoms with Gasteiger partial charge in [0.1, 0.15) is 0 Å². The number of carbonyl (C=O) groups is 1. The minimum atomic E-state index is -4.09. The van der Waals surface area contributed by atoms with Crippen molar-refractivity contribution in [3.8, 4) is 0 Å². The molecule has 0 spiro atoms. The molecule has 18 heavy (non-hydrogen) atoms. The number of nitrogen functional groups attached to an aromatic ring is 1. The number of nitrogens with two attached hydrogens (primary N) is 1. The molecule has 0 aliphatic carbocycles. The van der Waals surface area contributed by atoms with E-state index in [9.17, 15) is 13.2 Å². The van der Waals surface area contributed by atoms with Crippen LogP contribution in [-0.4, -0.2) is 21.1 Å². The van der Waals surface area contributed by atoms with Crippen LogP contribution in [0.25, 0.3) is 0 Å². The molecule has 0 radical (unpaired) electrons. The van der Waals surface area contributed by atoms with Gasteiger partial charge in [0.2, 0.25) is 0 Å². The van der Waals surface area contributed by atoms with Gasteiger partial charge in [-0.25, -0.2) is 9.52 Å². The fourth-order valence-corrected chi connectivity index (χ4v) is 2.05. The number of amides is 1. The summed E-state index contributed by atoms with van der Waals surface area (Å²) in [6, 6.07) is 4.21. The molecular weight excluding hydrogens is 282 g/mol. The summed E-state index contributed by atoms with van der Waals surface area (Å²) in [4.78, 5) is 11.0. The van der Waals surface area contributed by atoms with Gasteiger partial charge in [0.05, 0.1) is 18.0 Å². The van der Waals surface area contributed by atoms with Crippen LogP contribution in [0.4, 0.5) is 16.2 Å². The van der Waals surface area contributed by atoms with Gasteiger partial charge in [0.25, 0.3) is 0 Å². The third-order valence-electron chi connectivity index (χ3n) is 1.75. The van der Waals surface area contributed by atoms with E-state index in [1.54, 1.807) is 11.6 Å². The predicted molar refractivity (Wildman–Crippen MR) is 68.6 cm³/mol. The first kappa shape index (κ1) is 14.4. The first-order chi connectivity index (χ1) is 8.34. The van der Waals surface area contributed by atoms with Crippen LogP contribution in [0.15, 0.2) is 18.2 Å². The smallest absolute Gasteiger partial charge is 0.422 e. The molecule has 1 amide bonds. The Morgan fingerprint density at radius 2 is 2.17 bits per heavy atom. The van der Waals surface area contributed by atoms with E-state index in [0.717, 1.165) is 0 Å². The minimum Gasteiger partial charge on any atom is -0.449 e. The van der Waals surface area contributed by atoms with Gasteiger partial charge in [-0.3, -0.25) is 4.72 Å². The number of halogens is 1. The molecule has 4 N–H and O–H groups in total. The van der Waals surface area contributed by atoms with Gasteiger partial charge in [-0.05, 0) is 25.1 Å². The maximum absolute atomic E-state index is 11.5. The molecule has 0 saturated carbocycles. The molecule has 0 saturated heterocycles. The lowest BCUT2D eigenvalue weighted by Crippen LogP contribution is -2.35. The van der Waals surface area contributed by atoms with Crippen LogP contribution in [-0.2, 0) is 14.9 Å². The Balaban J connectivity index is 2.79. The molecule has 0 fully saturated rings. The summed E-state index contributed by atoms with van der Waals surface area (Å²) in [5, 5.41) is 0.369. The van der Waals surface area contributed by atoms with Gasteiger partial charge in [0, 0.05) is 5.02 Å². The van der Waals surface area contributed by atoms with Gasteiger partial charge in [0.15, 0.2) is 0 Å². The summed E-state index contributed by atoms with van der Waals surface area (Å²) in [5.74, 6) is 0. The molecule has 0 atom stereocenters. The van der Waals surface area contributed by atoms with Crippen molar-refractivity contribution in [2.75, 3.05) is 17.1 Å². The maximum atomic E-state index is 11.5. The quantitative estimate of drug-likeness (QED) is 0.725. The fourth-order valence-electron chi connectivity index (χ4n) is 1.07. The van der Waals surface area contributed by atoms with E-state index >= 15 is 0 Å². The Kier molecular flexibility index (Phi) is 4.62. The van der Waals surface area contributed by atoms with Gasteiger partial charge >= 0.3 is 16.3 Å². The first-order valence-electron chi connectivity index (χ1n) is 4.86. The molecule has 0 bridgehead atoms. The summed E-state index contributed by atoms with van der Waals surface area (Å²) in [6.07, 6.45) is -1.07. The molecule has 1 aromatic rings. The van der Waals surface area contributed by atoms with Gasteiger partial charge in [-0.15, -0.1) is 0 Å². The zero-order chi connectivity index (χ0) is 13.8. The highest BCUT2D eigenvalue weighted by Crippen LogP contribution is 2.23. The number of benzene rings is 1. The molecule has 0 aliphatic rings. The number of hydrogen-bond acceptors (Lipinski definition) is 5. The Bertz CT molecular complexity index is 547. The number of nitrogens with one attached hydrogen (secondary N) is 2. The van der Waals surface area contributed by atoms with E-state index < -0.39 is 16.3 Å². The van der Waals surface area contributed by atoms with Crippen molar-refractivity contribution in [2.45, 2.75) is 6.92 Å². The zero-order valence-electron chi connectivity index (χ0n) is 9.44. The van der Waals surface area contributed by atoms with Crippen LogP contribution in [0, 0.1) is 0 Å². The minimum absolute atomic E-state index is 0.0600. The van der Waals surface area contributed by atoms with Crippen molar-refractivity contribution in [1.82, 2.24) is 4.72 Å². The Morgan fingerprint density at radius 1 is 1.50 bits per heavy atom. The largest absolute Gasteiger partial charge is 0.449 e. The van der Waals surface area contributed by atoms with Crippen molar-refractivity contribution in [3.05, 3.63) is 23.2 Å². The highest BCUT2D eigenvalue weighted by atomic mass is 35.5. The molecule has 0 aliphatic heterocycles. The molecule has 1 rings (SSSR count). The number of hydrogen-bond donors (Lipinski definition) is 3. The summed E-state index contributed by atoms with van der Waals surface area (Å²) in [6.45, 7) is 1.61. The summed E-state index contributed by atoms with van der Waals surface area (Å²) >= 11 is 5.67. The van der Waals surface area contributed by atoms with Crippen LogP contribution < -0.4 is 15.2 Å². The average molecular weight is 294 g/mol. The van der Waals surface area contributed by atoms with Gasteiger partial charge in [-0.2, -0.15) is 8.42 Å². The van der Waals surface area contributed by atoms with Crippen LogP contribution in [0.5, 0.6) is 0 Å². The van der Waals surface area contributed by atoms with Crippen LogP contribution in [0.1, 0.15) is 6.92 Å². The van der Waals surface area contributed by atoms with Crippen LogP contribution >= 0.6 is 11.6 Å². The molecule has 0 unspecified atom stereocenters. The number of anilines is 2. The van der Waals surface area contributed by atoms with E-state index in [2.05, 4.69) is 9.46 Å². The predicted octanol–water partition coefficient (Wildman–Crippen LogP) is 1.32. The highest BCUT2D eigenvalue weighted by Gasteiger charge is 2.16. The highest BCUT2D eigenvalue weighted by molar-refractivity contribution is 7.91. The molecule has 0 aromatic heterocycles. The third-order valence-corrected chi connectivity index (χ3v) is 2.91. The number of carbonyl (C=O) groups excluding carboxylic acids is 1. The van der Waals surface area contributed by atoms with E-state index in [0.29, 0.717) is 5.02 Å². The first-order valence-corrected chi connectivity index (χ1v) is 6.72. The van der Waals surface area contributed by atoms with Crippen LogP contribution in [0.3, 0.4) is 0 Å². The zero-order valence-corrected chi connectivity index (χ0v) is 11.0. The topological polar surface area (TPSA) is 111 Å². The summed E-state index contributed by atoms with van der Waals surface area (Å²) < 4.78 is 31.2. The second-order valence-corrected chi connectivity index (χ2v) is 5.01. The lowest BCUT2D eigenvalue weighted by Gasteiger charge is -2.11. The van der Waals surface area contributed by atoms with Crippen molar-refractivity contribution < 1.29 is 17.9 Å². The Hall–Kier alpha value is -1.67. The van der Waals surface area contributed by atoms with Crippen LogP contribution in [0.2, 0.25) is 5.02 Å². The van der Waals surface area contributed by atoms with Crippen molar-refractivity contribution >= 4 is 39.3 Å². The number of ether oxygens (including phenoxy) is 1. The average Bonchev–Trinajstić information content (AvgIpc) is 2.21. The third kappa shape index (κ3) is 4.30. The summed E-state index contributed by atoms with van der Waals surface area (Å²) in [7, 11) is -4.09. The van der Waals surface area contributed by atoms with Gasteiger partial charge in [-0.1, -0.05) is 11.6 Å². The van der Waals surface area contributed by atoms with Crippen molar-refractivity contribution in [3.63, 3.8) is 0 Å². The lowest BCUT2D eigenvalue weighted by atomic mass is 10.3. The molecule has 7 nitrogen and oxygen atoms in total. The number of rotatable bonds is 4. The molecule has 9 heteroatoms. The second kappa shape index (κ2) is 5.78. The van der Waals surface area contributed by atoms with E-state index in [4.69, 9.17) is 17.3 Å². The fraction of sp³-hybridized carbons (Fsp3) is 0.222. The van der Waals surface area contributed by atoms with E-state index in [1.165, 1.54) is 18.2 Å². The van der Waals surface area contributed by atoms with Crippen molar-refractivity contribution in [2.24, 2.45) is 0 Å². The lowest BCUT2D eigenvalue weighted by molar-refractivity contribution is 0.159. The van der Waals surface area contributed by atoms with E-state index in [-0.39, 0.29) is 18.0 Å². The summed E-state index contributed by atoms with van der Waals surface area (Å²) in [5.41, 5.74) is 5.81. The van der Waals surface area contributed by atoms with Crippen molar-refractivity contribution in [1.29, 1.82) is 0 Å². The molecule has 1 aromatic carbocycles. The molecule has 0 heterocycles. The maximum Gasteiger partial charge on any atom is 0.422 e. The van der Waals surface area contributed by atoms with E-state index in [1.807, 2.05) is 0 Å².